The van der Waals surface area contributed by atoms with Gasteiger partial charge in [-0.15, -0.1) is 0 Å². The van der Waals surface area contributed by atoms with Gasteiger partial charge < -0.3 is 0 Å². The van der Waals surface area contributed by atoms with E-state index in [1.165, 1.54) is 57.1 Å². The highest BCUT2D eigenvalue weighted by Crippen LogP contribution is 2.64. The predicted molar refractivity (Wildman–Crippen MR) is 116 cm³/mol. The van der Waals surface area contributed by atoms with Crippen LogP contribution >= 0.6 is 0 Å². The molecule has 4 aliphatic carbocycles. The molecule has 29 heavy (non-hydrogen) atoms. The molecule has 0 aromatic carbocycles. The van der Waals surface area contributed by atoms with Gasteiger partial charge in [-0.25, -0.2) is 0 Å². The molecule has 0 aromatic rings. The third-order valence-electron chi connectivity index (χ3n) is 10.3. The third kappa shape index (κ3) is 3.17. The molecule has 0 radical (unpaired) electrons. The monoisotopic (exact) mass is 397 g/mol. The van der Waals surface area contributed by atoms with Crippen molar-refractivity contribution in [3.63, 3.8) is 0 Å². The van der Waals surface area contributed by atoms with E-state index in [4.69, 9.17) is 4.99 Å². The Kier molecular flexibility index (Phi) is 5.02. The minimum atomic E-state index is 0.141. The molecule has 160 valence electrons. The van der Waals surface area contributed by atoms with Gasteiger partial charge in [0.15, 0.2) is 0 Å². The van der Waals surface area contributed by atoms with Crippen LogP contribution in [0.3, 0.4) is 0 Å². The van der Waals surface area contributed by atoms with E-state index in [1.54, 1.807) is 0 Å². The number of fused-ring (bicyclic) bond motifs is 5. The summed E-state index contributed by atoms with van der Waals surface area (Å²) >= 11 is 0. The zero-order chi connectivity index (χ0) is 20.2. The van der Waals surface area contributed by atoms with Crippen molar-refractivity contribution in [3.05, 3.63) is 0 Å². The second kappa shape index (κ2) is 7.31. The summed E-state index contributed by atoms with van der Waals surface area (Å²) in [5, 5.41) is 0. The second-order valence-electron chi connectivity index (χ2n) is 11.6. The Morgan fingerprint density at radius 1 is 1.00 bits per heavy atom. The normalized spacial score (nSPS) is 45.2. The Balaban J connectivity index is 1.34. The number of rotatable bonds is 3. The highest BCUT2D eigenvalue weighted by molar-refractivity contribution is 6.07. The van der Waals surface area contributed by atoms with Crippen molar-refractivity contribution in [3.8, 4) is 0 Å². The topological polar surface area (TPSA) is 46.5 Å². The summed E-state index contributed by atoms with van der Waals surface area (Å²) in [5.41, 5.74) is 1.55. The van der Waals surface area contributed by atoms with Gasteiger partial charge in [0, 0.05) is 42.9 Å². The van der Waals surface area contributed by atoms with Crippen molar-refractivity contribution >= 4 is 17.3 Å². The molecule has 5 aliphatic rings. The molecule has 6 atom stereocenters. The van der Waals surface area contributed by atoms with Gasteiger partial charge in [-0.3, -0.25) is 14.6 Å². The Bertz CT molecular complexity index is 720. The van der Waals surface area contributed by atoms with Gasteiger partial charge in [0.2, 0.25) is 0 Å². The number of hydrogen-bond donors (Lipinski definition) is 0. The van der Waals surface area contributed by atoms with Crippen molar-refractivity contribution in [2.24, 2.45) is 45.4 Å². The molecule has 0 aromatic heterocycles. The summed E-state index contributed by atoms with van der Waals surface area (Å²) in [7, 11) is 0. The van der Waals surface area contributed by atoms with Crippen LogP contribution in [-0.4, -0.2) is 23.8 Å². The molecular formula is C26H39NO2. The van der Waals surface area contributed by atoms with Gasteiger partial charge in [0.05, 0.1) is 0 Å². The summed E-state index contributed by atoms with van der Waals surface area (Å²) in [4.78, 5) is 30.4. The first-order valence-electron chi connectivity index (χ1n) is 12.5. The third-order valence-corrected chi connectivity index (χ3v) is 10.3. The van der Waals surface area contributed by atoms with E-state index in [1.807, 2.05) is 0 Å². The molecule has 4 fully saturated rings. The number of hydrogen-bond acceptors (Lipinski definition) is 3. The van der Waals surface area contributed by atoms with Crippen molar-refractivity contribution in [2.75, 3.05) is 6.54 Å². The maximum absolute atomic E-state index is 13.4. The molecule has 3 heteroatoms. The number of carbonyl (C=O) groups is 2. The van der Waals surface area contributed by atoms with E-state index < -0.39 is 0 Å². The van der Waals surface area contributed by atoms with Gasteiger partial charge in [-0.05, 0) is 61.2 Å². The van der Waals surface area contributed by atoms with Gasteiger partial charge in [0.25, 0.3) is 0 Å². The van der Waals surface area contributed by atoms with Gasteiger partial charge in [-0.1, -0.05) is 46.0 Å². The van der Waals surface area contributed by atoms with Crippen LogP contribution in [0, 0.1) is 40.4 Å². The lowest BCUT2D eigenvalue weighted by Gasteiger charge is -2.56. The van der Waals surface area contributed by atoms with E-state index >= 15 is 0 Å². The van der Waals surface area contributed by atoms with Gasteiger partial charge in [-0.2, -0.15) is 0 Å². The van der Waals surface area contributed by atoms with E-state index in [2.05, 4.69) is 13.8 Å². The Labute approximate surface area is 176 Å². The van der Waals surface area contributed by atoms with Crippen molar-refractivity contribution < 1.29 is 9.59 Å². The van der Waals surface area contributed by atoms with Crippen molar-refractivity contribution in [1.29, 1.82) is 0 Å². The average Bonchev–Trinajstić information content (AvgIpc) is 3.06. The second-order valence-corrected chi connectivity index (χ2v) is 11.6. The molecule has 5 rings (SSSR count). The Morgan fingerprint density at radius 2 is 1.79 bits per heavy atom. The fraction of sp³-hybridized carbons (Fsp3) is 0.885. The Morgan fingerprint density at radius 3 is 2.59 bits per heavy atom. The van der Waals surface area contributed by atoms with Gasteiger partial charge in [0.1, 0.15) is 11.6 Å². The number of ketones is 2. The standard InChI is InChI=1S/C26H39NO2/c1-25-13-11-21-19(16-27-24-15-18(28)10-12-26(21,24)2)20(25)8-9-22(25)23(29)14-17-6-4-3-5-7-17/h17,19-22H,3-16H2,1-2H3/t19?,20?,21?,22-,25+,26-/m1/s1. The molecule has 0 spiro atoms. The molecule has 4 saturated carbocycles. The minimum Gasteiger partial charge on any atom is -0.299 e. The lowest BCUT2D eigenvalue weighted by Crippen LogP contribution is -2.54. The van der Waals surface area contributed by atoms with Crippen LogP contribution in [0.2, 0.25) is 0 Å². The smallest absolute Gasteiger partial charge is 0.138 e. The van der Waals surface area contributed by atoms with Crippen LogP contribution < -0.4 is 0 Å². The molecule has 0 bridgehead atoms. The van der Waals surface area contributed by atoms with Crippen LogP contribution in [-0.2, 0) is 9.59 Å². The fourth-order valence-corrected chi connectivity index (χ4v) is 8.55. The summed E-state index contributed by atoms with van der Waals surface area (Å²) in [5.74, 6) is 3.89. The quantitative estimate of drug-likeness (QED) is 0.604. The van der Waals surface area contributed by atoms with Crippen LogP contribution in [0.5, 0.6) is 0 Å². The summed E-state index contributed by atoms with van der Waals surface area (Å²) in [6.07, 6.45) is 14.5. The molecule has 0 saturated heterocycles. The highest BCUT2D eigenvalue weighted by atomic mass is 16.1. The molecule has 3 nitrogen and oxygen atoms in total. The molecule has 0 N–H and O–H groups in total. The zero-order valence-electron chi connectivity index (χ0n) is 18.5. The average molecular weight is 398 g/mol. The molecular weight excluding hydrogens is 358 g/mol. The van der Waals surface area contributed by atoms with Crippen LogP contribution in [0.25, 0.3) is 0 Å². The summed E-state index contributed by atoms with van der Waals surface area (Å²) in [6, 6.07) is 0. The number of aliphatic imine (C=N–C) groups is 1. The molecule has 3 unspecified atom stereocenters. The van der Waals surface area contributed by atoms with Crippen molar-refractivity contribution in [2.45, 2.75) is 97.3 Å². The number of carbonyl (C=O) groups excluding carboxylic acids is 2. The van der Waals surface area contributed by atoms with E-state index in [0.717, 1.165) is 32.2 Å². The summed E-state index contributed by atoms with van der Waals surface area (Å²) in [6.45, 7) is 5.77. The SMILES string of the molecule is C[C@]12CCC(=O)CC1=NCC1C2CC[C@@]2(C)C1CC[C@@H]2C(=O)CC1CCCCC1. The first-order chi connectivity index (χ1) is 13.9. The van der Waals surface area contributed by atoms with E-state index in [-0.39, 0.29) is 10.8 Å². The van der Waals surface area contributed by atoms with Crippen molar-refractivity contribution in [1.82, 2.24) is 0 Å². The Hall–Kier alpha value is -0.990. The van der Waals surface area contributed by atoms with Crippen LogP contribution in [0.15, 0.2) is 4.99 Å². The maximum atomic E-state index is 13.4. The maximum Gasteiger partial charge on any atom is 0.138 e. The van der Waals surface area contributed by atoms with Crippen LogP contribution in [0.4, 0.5) is 0 Å². The molecule has 0 amide bonds. The molecule has 1 heterocycles. The zero-order valence-corrected chi connectivity index (χ0v) is 18.5. The number of Topliss-reactive ketones (excluding diaryl/α,β-unsaturated/α-hetero) is 2. The predicted octanol–water partition coefficient (Wildman–Crippen LogP) is 5.80. The first kappa shape index (κ1) is 19.9. The first-order valence-corrected chi connectivity index (χ1v) is 12.5. The van der Waals surface area contributed by atoms with E-state index in [0.29, 0.717) is 47.6 Å². The highest BCUT2D eigenvalue weighted by Gasteiger charge is 2.60. The lowest BCUT2D eigenvalue weighted by atomic mass is 9.49. The number of nitrogens with zero attached hydrogens (tertiary/aromatic N) is 1. The summed E-state index contributed by atoms with van der Waals surface area (Å²) < 4.78 is 0. The molecule has 1 aliphatic heterocycles. The largest absolute Gasteiger partial charge is 0.299 e. The van der Waals surface area contributed by atoms with Gasteiger partial charge >= 0.3 is 0 Å². The minimum absolute atomic E-state index is 0.141. The fourth-order valence-electron chi connectivity index (χ4n) is 8.55. The van der Waals surface area contributed by atoms with Crippen LogP contribution in [0.1, 0.15) is 97.3 Å². The van der Waals surface area contributed by atoms with E-state index in [9.17, 15) is 9.59 Å². The lowest BCUT2D eigenvalue weighted by molar-refractivity contribution is -0.130.